The molecule has 1 N–H and O–H groups in total. The van der Waals surface area contributed by atoms with Gasteiger partial charge in [0, 0.05) is 24.2 Å². The molecule has 0 aliphatic carbocycles. The number of nitriles is 1. The van der Waals surface area contributed by atoms with Crippen LogP contribution in [0.2, 0.25) is 0 Å². The summed E-state index contributed by atoms with van der Waals surface area (Å²) in [6.45, 7) is 8.90. The second kappa shape index (κ2) is 8.87. The van der Waals surface area contributed by atoms with E-state index in [0.29, 0.717) is 23.7 Å². The van der Waals surface area contributed by atoms with Gasteiger partial charge < -0.3 is 5.32 Å². The second-order valence-electron chi connectivity index (χ2n) is 9.44. The van der Waals surface area contributed by atoms with Crippen LogP contribution in [0.1, 0.15) is 44.9 Å². The van der Waals surface area contributed by atoms with Gasteiger partial charge in [0.05, 0.1) is 17.7 Å². The first-order chi connectivity index (χ1) is 15.7. The topological polar surface area (TPSA) is 83.6 Å². The van der Waals surface area contributed by atoms with Gasteiger partial charge in [0.2, 0.25) is 5.95 Å². The van der Waals surface area contributed by atoms with Gasteiger partial charge in [-0.25, -0.2) is 4.98 Å². The number of anilines is 1. The summed E-state index contributed by atoms with van der Waals surface area (Å²) in [5.74, 6) is 0.474. The largest absolute Gasteiger partial charge is 0.348 e. The predicted molar refractivity (Wildman–Crippen MR) is 132 cm³/mol. The summed E-state index contributed by atoms with van der Waals surface area (Å²) in [6.07, 6.45) is 1.75. The van der Waals surface area contributed by atoms with Crippen LogP contribution in [0.5, 0.6) is 0 Å². The summed E-state index contributed by atoms with van der Waals surface area (Å²) in [5.41, 5.74) is 4.14. The number of hydrogen-bond donors (Lipinski definition) is 1. The SMILES string of the molecule is C[C@H](Nc1ncc2ccc(=O)n(CC(C)(C)C)c2n1)c1ccc(-c2ccccc2C#N)cc1. The third kappa shape index (κ3) is 4.93. The highest BCUT2D eigenvalue weighted by Crippen LogP contribution is 2.26. The van der Waals surface area contributed by atoms with E-state index in [1.54, 1.807) is 22.9 Å². The Morgan fingerprint density at radius 3 is 2.48 bits per heavy atom. The number of pyridine rings is 1. The number of rotatable bonds is 5. The molecule has 0 saturated carbocycles. The molecule has 6 nitrogen and oxygen atoms in total. The summed E-state index contributed by atoms with van der Waals surface area (Å²) < 4.78 is 1.72. The summed E-state index contributed by atoms with van der Waals surface area (Å²) in [6, 6.07) is 21.2. The molecule has 0 amide bonds. The van der Waals surface area contributed by atoms with Crippen molar-refractivity contribution in [3.63, 3.8) is 0 Å². The molecule has 4 rings (SSSR count). The van der Waals surface area contributed by atoms with Crippen molar-refractivity contribution in [2.24, 2.45) is 5.41 Å². The van der Waals surface area contributed by atoms with Gasteiger partial charge in [-0.2, -0.15) is 10.2 Å². The lowest BCUT2D eigenvalue weighted by molar-refractivity contribution is 0.343. The molecular weight excluding hydrogens is 410 g/mol. The van der Waals surface area contributed by atoms with Crippen LogP contribution in [0.15, 0.2) is 71.7 Å². The lowest BCUT2D eigenvalue weighted by Gasteiger charge is -2.21. The maximum absolute atomic E-state index is 12.5. The lowest BCUT2D eigenvalue weighted by Crippen LogP contribution is -2.27. The first kappa shape index (κ1) is 22.2. The van der Waals surface area contributed by atoms with E-state index in [1.165, 1.54) is 0 Å². The minimum absolute atomic E-state index is 0.0470. The fraction of sp³-hybridized carbons (Fsp3) is 0.259. The molecule has 1 atom stereocenters. The number of nitrogens with zero attached hydrogens (tertiary/aromatic N) is 4. The van der Waals surface area contributed by atoms with Crippen molar-refractivity contribution < 1.29 is 0 Å². The van der Waals surface area contributed by atoms with Crippen molar-refractivity contribution in [1.82, 2.24) is 14.5 Å². The van der Waals surface area contributed by atoms with E-state index in [0.717, 1.165) is 22.1 Å². The Morgan fingerprint density at radius 2 is 1.79 bits per heavy atom. The Balaban J connectivity index is 1.60. The van der Waals surface area contributed by atoms with E-state index in [-0.39, 0.29) is 17.0 Å². The van der Waals surface area contributed by atoms with Crippen molar-refractivity contribution in [2.45, 2.75) is 40.3 Å². The maximum Gasteiger partial charge on any atom is 0.252 e. The quantitative estimate of drug-likeness (QED) is 0.443. The predicted octanol–water partition coefficient (Wildman–Crippen LogP) is 5.55. The van der Waals surface area contributed by atoms with E-state index in [2.05, 4.69) is 42.1 Å². The first-order valence-corrected chi connectivity index (χ1v) is 11.0. The molecule has 0 aliphatic heterocycles. The summed E-state index contributed by atoms with van der Waals surface area (Å²) >= 11 is 0. The standard InChI is InChI=1S/C27H27N5O/c1-18(19-9-11-20(12-10-19)23-8-6-5-7-21(23)15-28)30-26-29-16-22-13-14-24(33)32(25(22)31-26)17-27(2,3)4/h5-14,16,18H,17H2,1-4H3,(H,29,30,31)/t18-/m0/s1. The Labute approximate surface area is 193 Å². The molecule has 4 aromatic rings. The van der Waals surface area contributed by atoms with Crippen LogP contribution >= 0.6 is 0 Å². The molecule has 166 valence electrons. The molecule has 0 unspecified atom stereocenters. The van der Waals surface area contributed by atoms with Crippen LogP contribution < -0.4 is 10.9 Å². The Bertz CT molecular complexity index is 1390. The van der Waals surface area contributed by atoms with Gasteiger partial charge in [0.25, 0.3) is 5.56 Å². The van der Waals surface area contributed by atoms with Gasteiger partial charge in [-0.15, -0.1) is 0 Å². The smallest absolute Gasteiger partial charge is 0.252 e. The van der Waals surface area contributed by atoms with E-state index in [9.17, 15) is 10.1 Å². The highest BCUT2D eigenvalue weighted by atomic mass is 16.1. The Kier molecular flexibility index (Phi) is 5.97. The van der Waals surface area contributed by atoms with Crippen LogP contribution in [-0.4, -0.2) is 14.5 Å². The number of fused-ring (bicyclic) bond motifs is 1. The molecule has 0 bridgehead atoms. The van der Waals surface area contributed by atoms with Gasteiger partial charge in [0.15, 0.2) is 0 Å². The van der Waals surface area contributed by atoms with Crippen LogP contribution in [0.3, 0.4) is 0 Å². The molecule has 33 heavy (non-hydrogen) atoms. The maximum atomic E-state index is 12.5. The minimum Gasteiger partial charge on any atom is -0.348 e. The van der Waals surface area contributed by atoms with Crippen LogP contribution in [0.4, 0.5) is 5.95 Å². The van der Waals surface area contributed by atoms with Crippen molar-refractivity contribution in [1.29, 1.82) is 5.26 Å². The van der Waals surface area contributed by atoms with E-state index < -0.39 is 0 Å². The normalized spacial score (nSPS) is 12.3. The molecule has 0 aliphatic rings. The van der Waals surface area contributed by atoms with Crippen LogP contribution in [0.25, 0.3) is 22.2 Å². The van der Waals surface area contributed by atoms with Gasteiger partial charge in [0.1, 0.15) is 5.65 Å². The fourth-order valence-electron chi connectivity index (χ4n) is 3.83. The average Bonchev–Trinajstić information content (AvgIpc) is 2.80. The fourth-order valence-corrected chi connectivity index (χ4v) is 3.83. The highest BCUT2D eigenvalue weighted by molar-refractivity contribution is 5.75. The summed E-state index contributed by atoms with van der Waals surface area (Å²) in [7, 11) is 0. The first-order valence-electron chi connectivity index (χ1n) is 11.0. The third-order valence-corrected chi connectivity index (χ3v) is 5.47. The molecule has 2 aromatic heterocycles. The third-order valence-electron chi connectivity index (χ3n) is 5.47. The molecule has 0 spiro atoms. The minimum atomic E-state index is -0.0663. The zero-order valence-corrected chi connectivity index (χ0v) is 19.3. The van der Waals surface area contributed by atoms with Crippen LogP contribution in [-0.2, 0) is 6.54 Å². The summed E-state index contributed by atoms with van der Waals surface area (Å²) in [4.78, 5) is 21.7. The molecule has 6 heteroatoms. The van der Waals surface area contributed by atoms with Crippen molar-refractivity contribution in [3.05, 3.63) is 88.3 Å². The average molecular weight is 438 g/mol. The molecule has 0 saturated heterocycles. The zero-order chi connectivity index (χ0) is 23.6. The molecule has 0 fully saturated rings. The molecular formula is C27H27N5O. The highest BCUT2D eigenvalue weighted by Gasteiger charge is 2.16. The van der Waals surface area contributed by atoms with Crippen molar-refractivity contribution in [2.75, 3.05) is 5.32 Å². The van der Waals surface area contributed by atoms with Gasteiger partial charge >= 0.3 is 0 Å². The molecule has 0 radical (unpaired) electrons. The second-order valence-corrected chi connectivity index (χ2v) is 9.44. The molecule has 2 aromatic carbocycles. The van der Waals surface area contributed by atoms with Crippen molar-refractivity contribution in [3.8, 4) is 17.2 Å². The van der Waals surface area contributed by atoms with Crippen molar-refractivity contribution >= 4 is 17.0 Å². The number of aromatic nitrogens is 3. The summed E-state index contributed by atoms with van der Waals surface area (Å²) in [5, 5.41) is 13.5. The van der Waals surface area contributed by atoms with Crippen LogP contribution in [0, 0.1) is 16.7 Å². The van der Waals surface area contributed by atoms with Gasteiger partial charge in [-0.1, -0.05) is 63.2 Å². The number of benzene rings is 2. The lowest BCUT2D eigenvalue weighted by atomic mass is 9.97. The van der Waals surface area contributed by atoms with Gasteiger partial charge in [-0.05, 0) is 41.2 Å². The Morgan fingerprint density at radius 1 is 1.06 bits per heavy atom. The van der Waals surface area contributed by atoms with E-state index >= 15 is 0 Å². The monoisotopic (exact) mass is 437 g/mol. The van der Waals surface area contributed by atoms with E-state index in [4.69, 9.17) is 0 Å². The number of nitrogens with one attached hydrogen (secondary N) is 1. The molecule has 2 heterocycles. The Hall–Kier alpha value is -3.98. The number of hydrogen-bond acceptors (Lipinski definition) is 5. The van der Waals surface area contributed by atoms with E-state index in [1.807, 2.05) is 55.5 Å². The zero-order valence-electron chi connectivity index (χ0n) is 19.3. The van der Waals surface area contributed by atoms with Gasteiger partial charge in [-0.3, -0.25) is 9.36 Å².